The number of hydrogen-bond donors (Lipinski definition) is 1. The number of ether oxygens (including phenoxy) is 2. The van der Waals surface area contributed by atoms with Crippen LogP contribution in [0, 0.1) is 0 Å². The molecule has 0 radical (unpaired) electrons. The molecular formula is C18H19ClN2O3. The third kappa shape index (κ3) is 3.80. The molecule has 1 heterocycles. The lowest BCUT2D eigenvalue weighted by molar-refractivity contribution is 0.102. The summed E-state index contributed by atoms with van der Waals surface area (Å²) in [5.41, 5.74) is 2.35. The second kappa shape index (κ2) is 7.55. The van der Waals surface area contributed by atoms with Crippen molar-refractivity contribution in [3.63, 3.8) is 0 Å². The molecule has 0 aliphatic carbocycles. The maximum atomic E-state index is 12.3. The molecule has 126 valence electrons. The SMILES string of the molecule is COc1ccc(C(=O)Nc2ccc(N3CCOCC3)cc2)cc1Cl. The summed E-state index contributed by atoms with van der Waals surface area (Å²) < 4.78 is 10.4. The Morgan fingerprint density at radius 1 is 1.17 bits per heavy atom. The number of anilines is 2. The second-order valence-corrected chi connectivity index (χ2v) is 5.86. The van der Waals surface area contributed by atoms with Gasteiger partial charge in [0.1, 0.15) is 5.75 Å². The summed E-state index contributed by atoms with van der Waals surface area (Å²) >= 11 is 6.06. The maximum Gasteiger partial charge on any atom is 0.255 e. The fourth-order valence-corrected chi connectivity index (χ4v) is 2.85. The van der Waals surface area contributed by atoms with Crippen molar-refractivity contribution in [1.29, 1.82) is 0 Å². The Morgan fingerprint density at radius 2 is 1.88 bits per heavy atom. The van der Waals surface area contributed by atoms with E-state index in [1.807, 2.05) is 24.3 Å². The van der Waals surface area contributed by atoms with E-state index >= 15 is 0 Å². The Hall–Kier alpha value is -2.24. The van der Waals surface area contributed by atoms with E-state index in [0.29, 0.717) is 16.3 Å². The highest BCUT2D eigenvalue weighted by Crippen LogP contribution is 2.25. The number of amides is 1. The Bertz CT molecular complexity index is 713. The number of carbonyl (C=O) groups excluding carboxylic acids is 1. The normalized spacial score (nSPS) is 14.3. The first-order valence-electron chi connectivity index (χ1n) is 7.75. The first-order chi connectivity index (χ1) is 11.7. The first kappa shape index (κ1) is 16.6. The Morgan fingerprint density at radius 3 is 2.50 bits per heavy atom. The van der Waals surface area contributed by atoms with Crippen LogP contribution in [0.4, 0.5) is 11.4 Å². The number of methoxy groups -OCH3 is 1. The number of benzene rings is 2. The lowest BCUT2D eigenvalue weighted by atomic mass is 10.2. The number of nitrogens with one attached hydrogen (secondary N) is 1. The fraction of sp³-hybridized carbons (Fsp3) is 0.278. The summed E-state index contributed by atoms with van der Waals surface area (Å²) in [4.78, 5) is 14.6. The third-order valence-corrected chi connectivity index (χ3v) is 4.21. The summed E-state index contributed by atoms with van der Waals surface area (Å²) in [6, 6.07) is 12.8. The number of halogens is 1. The molecule has 6 heteroatoms. The number of carbonyl (C=O) groups is 1. The standard InChI is InChI=1S/C18H19ClN2O3/c1-23-17-7-2-13(12-16(17)19)18(22)20-14-3-5-15(6-4-14)21-8-10-24-11-9-21/h2-7,12H,8-11H2,1H3,(H,20,22). The number of hydrogen-bond acceptors (Lipinski definition) is 4. The molecule has 1 fully saturated rings. The summed E-state index contributed by atoms with van der Waals surface area (Å²) in [5.74, 6) is 0.335. The van der Waals surface area contributed by atoms with Gasteiger partial charge in [-0.3, -0.25) is 4.79 Å². The molecule has 1 aliphatic heterocycles. The van der Waals surface area contributed by atoms with Crippen molar-refractivity contribution in [2.45, 2.75) is 0 Å². The minimum Gasteiger partial charge on any atom is -0.495 e. The highest BCUT2D eigenvalue weighted by Gasteiger charge is 2.12. The topological polar surface area (TPSA) is 50.8 Å². The Kier molecular flexibility index (Phi) is 5.23. The Labute approximate surface area is 146 Å². The van der Waals surface area contributed by atoms with Crippen molar-refractivity contribution in [3.8, 4) is 5.75 Å². The molecule has 1 N–H and O–H groups in total. The van der Waals surface area contributed by atoms with Gasteiger partial charge in [0.05, 0.1) is 25.3 Å². The van der Waals surface area contributed by atoms with Gasteiger partial charge in [-0.05, 0) is 42.5 Å². The zero-order valence-electron chi connectivity index (χ0n) is 13.4. The van der Waals surface area contributed by atoms with Gasteiger partial charge in [0.2, 0.25) is 0 Å². The van der Waals surface area contributed by atoms with Gasteiger partial charge in [-0.1, -0.05) is 11.6 Å². The molecule has 0 atom stereocenters. The van der Waals surface area contributed by atoms with Crippen LogP contribution in [0.25, 0.3) is 0 Å². The quantitative estimate of drug-likeness (QED) is 0.921. The summed E-state index contributed by atoms with van der Waals surface area (Å²) in [7, 11) is 1.54. The first-order valence-corrected chi connectivity index (χ1v) is 8.13. The lowest BCUT2D eigenvalue weighted by Crippen LogP contribution is -2.36. The van der Waals surface area contributed by atoms with E-state index in [-0.39, 0.29) is 5.91 Å². The molecular weight excluding hydrogens is 328 g/mol. The van der Waals surface area contributed by atoms with Gasteiger partial charge >= 0.3 is 0 Å². The summed E-state index contributed by atoms with van der Waals surface area (Å²) in [6.07, 6.45) is 0. The van der Waals surface area contributed by atoms with Crippen molar-refractivity contribution in [2.75, 3.05) is 43.6 Å². The van der Waals surface area contributed by atoms with Crippen LogP contribution in [-0.2, 0) is 4.74 Å². The Balaban J connectivity index is 1.67. The highest BCUT2D eigenvalue weighted by atomic mass is 35.5. The zero-order valence-corrected chi connectivity index (χ0v) is 14.2. The summed E-state index contributed by atoms with van der Waals surface area (Å²) in [6.45, 7) is 3.26. The number of morpholine rings is 1. The molecule has 1 aliphatic rings. The molecule has 24 heavy (non-hydrogen) atoms. The number of nitrogens with zero attached hydrogens (tertiary/aromatic N) is 1. The van der Waals surface area contributed by atoms with Crippen LogP contribution in [0.1, 0.15) is 10.4 Å². The van der Waals surface area contributed by atoms with Gasteiger partial charge in [0.25, 0.3) is 5.91 Å². The van der Waals surface area contributed by atoms with Crippen molar-refractivity contribution < 1.29 is 14.3 Å². The number of rotatable bonds is 4. The maximum absolute atomic E-state index is 12.3. The van der Waals surface area contributed by atoms with Crippen molar-refractivity contribution in [2.24, 2.45) is 0 Å². The second-order valence-electron chi connectivity index (χ2n) is 5.45. The van der Waals surface area contributed by atoms with Crippen molar-refractivity contribution >= 4 is 28.9 Å². The fourth-order valence-electron chi connectivity index (χ4n) is 2.59. The molecule has 0 bridgehead atoms. The van der Waals surface area contributed by atoms with E-state index < -0.39 is 0 Å². The van der Waals surface area contributed by atoms with E-state index in [1.54, 1.807) is 18.2 Å². The molecule has 0 aromatic heterocycles. The van der Waals surface area contributed by atoms with Crippen molar-refractivity contribution in [3.05, 3.63) is 53.1 Å². The van der Waals surface area contributed by atoms with Crippen molar-refractivity contribution in [1.82, 2.24) is 0 Å². The van der Waals surface area contributed by atoms with Gasteiger partial charge in [0, 0.05) is 30.0 Å². The van der Waals surface area contributed by atoms with E-state index in [4.69, 9.17) is 21.1 Å². The van der Waals surface area contributed by atoms with E-state index in [9.17, 15) is 4.79 Å². The molecule has 5 nitrogen and oxygen atoms in total. The lowest BCUT2D eigenvalue weighted by Gasteiger charge is -2.28. The highest BCUT2D eigenvalue weighted by molar-refractivity contribution is 6.32. The van der Waals surface area contributed by atoms with E-state index in [0.717, 1.165) is 37.7 Å². The molecule has 2 aromatic rings. The van der Waals surface area contributed by atoms with Crippen LogP contribution in [0.3, 0.4) is 0 Å². The molecule has 1 amide bonds. The molecule has 0 saturated carbocycles. The van der Waals surface area contributed by atoms with E-state index in [2.05, 4.69) is 10.2 Å². The minimum absolute atomic E-state index is 0.210. The van der Waals surface area contributed by atoms with Gasteiger partial charge in [-0.25, -0.2) is 0 Å². The van der Waals surface area contributed by atoms with Gasteiger partial charge in [0.15, 0.2) is 0 Å². The monoisotopic (exact) mass is 346 g/mol. The molecule has 1 saturated heterocycles. The van der Waals surface area contributed by atoms with Crippen LogP contribution in [0.2, 0.25) is 5.02 Å². The van der Waals surface area contributed by atoms with Gasteiger partial charge in [-0.2, -0.15) is 0 Å². The molecule has 2 aromatic carbocycles. The van der Waals surface area contributed by atoms with Crippen LogP contribution >= 0.6 is 11.6 Å². The summed E-state index contributed by atoms with van der Waals surface area (Å²) in [5, 5.41) is 3.28. The average molecular weight is 347 g/mol. The van der Waals surface area contributed by atoms with Crippen LogP contribution in [-0.4, -0.2) is 39.3 Å². The van der Waals surface area contributed by atoms with Crippen LogP contribution < -0.4 is 15.0 Å². The molecule has 0 spiro atoms. The predicted molar refractivity (Wildman–Crippen MR) is 95.4 cm³/mol. The predicted octanol–water partition coefficient (Wildman–Crippen LogP) is 3.44. The van der Waals surface area contributed by atoms with Crippen LogP contribution in [0.15, 0.2) is 42.5 Å². The largest absolute Gasteiger partial charge is 0.495 e. The van der Waals surface area contributed by atoms with E-state index in [1.165, 1.54) is 7.11 Å². The van der Waals surface area contributed by atoms with Gasteiger partial charge < -0.3 is 19.7 Å². The zero-order chi connectivity index (χ0) is 16.9. The smallest absolute Gasteiger partial charge is 0.255 e. The molecule has 3 rings (SSSR count). The third-order valence-electron chi connectivity index (χ3n) is 3.92. The van der Waals surface area contributed by atoms with Gasteiger partial charge in [-0.15, -0.1) is 0 Å². The van der Waals surface area contributed by atoms with Crippen LogP contribution in [0.5, 0.6) is 5.75 Å². The molecule has 0 unspecified atom stereocenters. The average Bonchev–Trinajstić information content (AvgIpc) is 2.63. The minimum atomic E-state index is -0.210.